The fourth-order valence-corrected chi connectivity index (χ4v) is 2.89. The molecule has 3 rings (SSSR count). The fraction of sp³-hybridized carbons (Fsp3) is 0.227. The summed E-state index contributed by atoms with van der Waals surface area (Å²) >= 11 is 0. The maximum atomic E-state index is 12.3. The minimum atomic E-state index is -0.0945. The molecule has 0 aliphatic carbocycles. The highest BCUT2D eigenvalue weighted by molar-refractivity contribution is 5.91. The predicted molar refractivity (Wildman–Crippen MR) is 109 cm³/mol. The molecule has 0 saturated heterocycles. The smallest absolute Gasteiger partial charge is 0.230 e. The van der Waals surface area contributed by atoms with Crippen molar-refractivity contribution in [1.29, 1.82) is 0 Å². The van der Waals surface area contributed by atoms with Gasteiger partial charge in [-0.05, 0) is 42.7 Å². The summed E-state index contributed by atoms with van der Waals surface area (Å²) < 4.78 is 0. The van der Waals surface area contributed by atoms with E-state index in [1.165, 1.54) is 5.56 Å². The Kier molecular flexibility index (Phi) is 6.15. The van der Waals surface area contributed by atoms with E-state index in [0.717, 1.165) is 30.0 Å². The molecule has 1 N–H and O–H groups in total. The molecule has 5 heteroatoms. The minimum absolute atomic E-state index is 0.0945. The Labute approximate surface area is 160 Å². The third-order valence-corrected chi connectivity index (χ3v) is 4.45. The van der Waals surface area contributed by atoms with Gasteiger partial charge in [-0.15, -0.1) is 10.2 Å². The van der Waals surface area contributed by atoms with E-state index in [0.29, 0.717) is 12.2 Å². The number of nitrogens with zero attached hydrogens (tertiary/aromatic N) is 3. The van der Waals surface area contributed by atoms with Crippen LogP contribution in [0.3, 0.4) is 0 Å². The molecule has 1 amide bonds. The van der Waals surface area contributed by atoms with Crippen LogP contribution in [0.1, 0.15) is 23.6 Å². The Balaban J connectivity index is 1.62. The lowest BCUT2D eigenvalue weighted by Gasteiger charge is -2.21. The molecule has 0 unspecified atom stereocenters. The number of aromatic nitrogens is 2. The molecule has 2 aromatic carbocycles. The largest absolute Gasteiger partial charge is 0.351 e. The van der Waals surface area contributed by atoms with E-state index in [1.54, 1.807) is 6.07 Å². The van der Waals surface area contributed by atoms with E-state index in [4.69, 9.17) is 0 Å². The molecule has 27 heavy (non-hydrogen) atoms. The van der Waals surface area contributed by atoms with Crippen LogP contribution in [0.15, 0.2) is 66.7 Å². The molecule has 5 nitrogen and oxygen atoms in total. The highest BCUT2D eigenvalue weighted by Crippen LogP contribution is 2.15. The Morgan fingerprint density at radius 2 is 1.70 bits per heavy atom. The first kappa shape index (κ1) is 18.6. The molecule has 0 aliphatic heterocycles. The van der Waals surface area contributed by atoms with Gasteiger partial charge in [0.15, 0.2) is 11.6 Å². The number of carbonyl (C=O) groups excluding carboxylic acids is 1. The Morgan fingerprint density at radius 1 is 0.963 bits per heavy atom. The minimum Gasteiger partial charge on any atom is -0.351 e. The van der Waals surface area contributed by atoms with Crippen LogP contribution in [0.5, 0.6) is 0 Å². The van der Waals surface area contributed by atoms with Gasteiger partial charge in [0.05, 0.1) is 6.42 Å². The van der Waals surface area contributed by atoms with Gasteiger partial charge in [-0.25, -0.2) is 0 Å². The number of hydrogen-bond donors (Lipinski definition) is 1. The summed E-state index contributed by atoms with van der Waals surface area (Å²) in [4.78, 5) is 14.4. The molecule has 0 aliphatic rings. The SMILES string of the molecule is CCN(Cc1ccccc1)c1ccc(NC(=O)Cc2ccccc2C)nn1. The topological polar surface area (TPSA) is 58.1 Å². The third-order valence-electron chi connectivity index (χ3n) is 4.45. The molecule has 138 valence electrons. The Bertz CT molecular complexity index is 878. The van der Waals surface area contributed by atoms with Gasteiger partial charge in [0.1, 0.15) is 0 Å². The zero-order valence-corrected chi connectivity index (χ0v) is 15.7. The van der Waals surface area contributed by atoms with Crippen molar-refractivity contribution in [2.45, 2.75) is 26.8 Å². The highest BCUT2D eigenvalue weighted by atomic mass is 16.1. The highest BCUT2D eigenvalue weighted by Gasteiger charge is 2.10. The summed E-state index contributed by atoms with van der Waals surface area (Å²) in [6.45, 7) is 5.68. The number of nitrogens with one attached hydrogen (secondary N) is 1. The van der Waals surface area contributed by atoms with Crippen molar-refractivity contribution < 1.29 is 4.79 Å². The molecule has 3 aromatic rings. The van der Waals surface area contributed by atoms with Crippen LogP contribution in [0.4, 0.5) is 11.6 Å². The second-order valence-electron chi connectivity index (χ2n) is 6.43. The maximum absolute atomic E-state index is 12.3. The molecular weight excluding hydrogens is 336 g/mol. The van der Waals surface area contributed by atoms with Crippen molar-refractivity contribution >= 4 is 17.5 Å². The van der Waals surface area contributed by atoms with E-state index in [1.807, 2.05) is 55.5 Å². The first-order valence-electron chi connectivity index (χ1n) is 9.12. The van der Waals surface area contributed by atoms with E-state index < -0.39 is 0 Å². The normalized spacial score (nSPS) is 10.4. The Morgan fingerprint density at radius 3 is 2.37 bits per heavy atom. The number of amides is 1. The van der Waals surface area contributed by atoms with Crippen LogP contribution < -0.4 is 10.2 Å². The molecular formula is C22H24N4O. The number of anilines is 2. The lowest BCUT2D eigenvalue weighted by atomic mass is 10.1. The van der Waals surface area contributed by atoms with Crippen molar-refractivity contribution in [2.24, 2.45) is 0 Å². The van der Waals surface area contributed by atoms with Crippen molar-refractivity contribution in [3.8, 4) is 0 Å². The van der Waals surface area contributed by atoms with Gasteiger partial charge in [0.2, 0.25) is 5.91 Å². The molecule has 0 saturated carbocycles. The van der Waals surface area contributed by atoms with E-state index in [-0.39, 0.29) is 5.91 Å². The fourth-order valence-electron chi connectivity index (χ4n) is 2.89. The van der Waals surface area contributed by atoms with Gasteiger partial charge >= 0.3 is 0 Å². The van der Waals surface area contributed by atoms with Crippen molar-refractivity contribution in [3.05, 3.63) is 83.4 Å². The summed E-state index contributed by atoms with van der Waals surface area (Å²) in [7, 11) is 0. The van der Waals surface area contributed by atoms with Crippen LogP contribution in [-0.2, 0) is 17.8 Å². The summed E-state index contributed by atoms with van der Waals surface area (Å²) in [6, 6.07) is 21.8. The summed E-state index contributed by atoms with van der Waals surface area (Å²) in [5, 5.41) is 11.3. The zero-order valence-electron chi connectivity index (χ0n) is 15.7. The van der Waals surface area contributed by atoms with Crippen LogP contribution in [0.2, 0.25) is 0 Å². The number of hydrogen-bond acceptors (Lipinski definition) is 4. The third kappa shape index (κ3) is 5.14. The van der Waals surface area contributed by atoms with Crippen LogP contribution in [0.25, 0.3) is 0 Å². The first-order valence-corrected chi connectivity index (χ1v) is 9.12. The van der Waals surface area contributed by atoms with E-state index in [9.17, 15) is 4.79 Å². The van der Waals surface area contributed by atoms with Crippen molar-refractivity contribution in [3.63, 3.8) is 0 Å². The van der Waals surface area contributed by atoms with Crippen molar-refractivity contribution in [2.75, 3.05) is 16.8 Å². The van der Waals surface area contributed by atoms with Crippen LogP contribution in [-0.4, -0.2) is 22.6 Å². The second-order valence-corrected chi connectivity index (χ2v) is 6.43. The molecule has 1 heterocycles. The molecule has 0 atom stereocenters. The maximum Gasteiger partial charge on any atom is 0.230 e. The Hall–Kier alpha value is -3.21. The quantitative estimate of drug-likeness (QED) is 0.692. The number of rotatable bonds is 7. The van der Waals surface area contributed by atoms with E-state index >= 15 is 0 Å². The van der Waals surface area contributed by atoms with Gasteiger partial charge < -0.3 is 10.2 Å². The lowest BCUT2D eigenvalue weighted by Crippen LogP contribution is -2.23. The number of carbonyl (C=O) groups is 1. The molecule has 0 fully saturated rings. The van der Waals surface area contributed by atoms with Crippen LogP contribution in [0, 0.1) is 6.92 Å². The van der Waals surface area contributed by atoms with Gasteiger partial charge in [-0.2, -0.15) is 0 Å². The number of benzene rings is 2. The lowest BCUT2D eigenvalue weighted by molar-refractivity contribution is -0.115. The van der Waals surface area contributed by atoms with Crippen molar-refractivity contribution in [1.82, 2.24) is 10.2 Å². The number of aryl methyl sites for hydroxylation is 1. The monoisotopic (exact) mass is 360 g/mol. The average molecular weight is 360 g/mol. The molecule has 0 spiro atoms. The second kappa shape index (κ2) is 8.94. The molecule has 0 bridgehead atoms. The predicted octanol–water partition coefficient (Wildman–Crippen LogP) is 3.99. The molecule has 0 radical (unpaired) electrons. The van der Waals surface area contributed by atoms with Crippen LogP contribution >= 0.6 is 0 Å². The average Bonchev–Trinajstić information content (AvgIpc) is 2.69. The van der Waals surface area contributed by atoms with Gasteiger partial charge in [-0.1, -0.05) is 54.6 Å². The summed E-state index contributed by atoms with van der Waals surface area (Å²) in [6.07, 6.45) is 0.325. The first-order chi connectivity index (χ1) is 13.2. The zero-order chi connectivity index (χ0) is 19.1. The summed E-state index contributed by atoms with van der Waals surface area (Å²) in [5.41, 5.74) is 3.34. The van der Waals surface area contributed by atoms with Gasteiger partial charge in [0.25, 0.3) is 0 Å². The van der Waals surface area contributed by atoms with Gasteiger partial charge in [0, 0.05) is 13.1 Å². The standard InChI is InChI=1S/C22H24N4O/c1-3-26(16-18-10-5-4-6-11-18)21-14-13-20(24-25-21)23-22(27)15-19-12-8-7-9-17(19)2/h4-14H,3,15-16H2,1-2H3,(H,23,24,27). The van der Waals surface area contributed by atoms with E-state index in [2.05, 4.69) is 39.5 Å². The van der Waals surface area contributed by atoms with Gasteiger partial charge in [-0.3, -0.25) is 4.79 Å². The summed E-state index contributed by atoms with van der Waals surface area (Å²) in [5.74, 6) is 1.16. The molecule has 1 aromatic heterocycles.